The van der Waals surface area contributed by atoms with Gasteiger partial charge in [-0.3, -0.25) is 9.69 Å². The zero-order chi connectivity index (χ0) is 20.6. The number of anilines is 1. The lowest BCUT2D eigenvalue weighted by Crippen LogP contribution is -2.49. The fourth-order valence-electron chi connectivity index (χ4n) is 3.85. The SMILES string of the molecule is COc1cccc(N2CCN(CC(=O)N[C@@H](CC(C)C)c3ccccc3)CC2)c1. The number of hydrogen-bond donors (Lipinski definition) is 1. The molecular weight excluding hydrogens is 362 g/mol. The van der Waals surface area contributed by atoms with Gasteiger partial charge >= 0.3 is 0 Å². The summed E-state index contributed by atoms with van der Waals surface area (Å²) >= 11 is 0. The highest BCUT2D eigenvalue weighted by Gasteiger charge is 2.21. The van der Waals surface area contributed by atoms with Gasteiger partial charge in [0.05, 0.1) is 19.7 Å². The van der Waals surface area contributed by atoms with Crippen LogP contribution in [0.25, 0.3) is 0 Å². The summed E-state index contributed by atoms with van der Waals surface area (Å²) in [6.45, 7) is 8.42. The Balaban J connectivity index is 1.52. The number of methoxy groups -OCH3 is 1. The monoisotopic (exact) mass is 395 g/mol. The average molecular weight is 396 g/mol. The summed E-state index contributed by atoms with van der Waals surface area (Å²) in [4.78, 5) is 17.3. The predicted octanol–water partition coefficient (Wildman–Crippen LogP) is 3.72. The normalized spacial score (nSPS) is 15.9. The molecule has 1 atom stereocenters. The number of nitrogens with zero attached hydrogens (tertiary/aromatic N) is 2. The van der Waals surface area contributed by atoms with E-state index >= 15 is 0 Å². The molecule has 0 radical (unpaired) electrons. The molecule has 1 aliphatic rings. The van der Waals surface area contributed by atoms with Gasteiger partial charge in [0.2, 0.25) is 5.91 Å². The molecule has 29 heavy (non-hydrogen) atoms. The van der Waals surface area contributed by atoms with Gasteiger partial charge in [-0.25, -0.2) is 0 Å². The van der Waals surface area contributed by atoms with Crippen LogP contribution in [0.1, 0.15) is 31.9 Å². The summed E-state index contributed by atoms with van der Waals surface area (Å²) < 4.78 is 5.33. The van der Waals surface area contributed by atoms with E-state index < -0.39 is 0 Å². The second-order valence-electron chi connectivity index (χ2n) is 8.13. The van der Waals surface area contributed by atoms with E-state index in [1.54, 1.807) is 7.11 Å². The first kappa shape index (κ1) is 21.2. The molecule has 0 saturated carbocycles. The van der Waals surface area contributed by atoms with E-state index in [-0.39, 0.29) is 11.9 Å². The van der Waals surface area contributed by atoms with Crippen LogP contribution >= 0.6 is 0 Å². The molecule has 1 amide bonds. The molecule has 156 valence electrons. The third kappa shape index (κ3) is 6.23. The fourth-order valence-corrected chi connectivity index (χ4v) is 3.85. The van der Waals surface area contributed by atoms with Crippen molar-refractivity contribution in [3.05, 3.63) is 60.2 Å². The number of rotatable bonds is 8. The minimum Gasteiger partial charge on any atom is -0.497 e. The molecule has 0 aromatic heterocycles. The molecule has 0 spiro atoms. The molecule has 0 aliphatic carbocycles. The van der Waals surface area contributed by atoms with E-state index in [2.05, 4.69) is 53.2 Å². The van der Waals surface area contributed by atoms with Crippen molar-refractivity contribution in [2.24, 2.45) is 5.92 Å². The number of piperazine rings is 1. The zero-order valence-electron chi connectivity index (χ0n) is 17.8. The van der Waals surface area contributed by atoms with Gasteiger partial charge in [0, 0.05) is 37.9 Å². The smallest absolute Gasteiger partial charge is 0.234 e. The van der Waals surface area contributed by atoms with Crippen LogP contribution in [0.5, 0.6) is 5.75 Å². The topological polar surface area (TPSA) is 44.8 Å². The molecule has 5 heteroatoms. The Morgan fingerprint density at radius 2 is 1.76 bits per heavy atom. The highest BCUT2D eigenvalue weighted by molar-refractivity contribution is 5.78. The molecule has 1 saturated heterocycles. The molecule has 1 N–H and O–H groups in total. The van der Waals surface area contributed by atoms with E-state index in [9.17, 15) is 4.79 Å². The minimum atomic E-state index is 0.0711. The van der Waals surface area contributed by atoms with Crippen LogP contribution in [0.2, 0.25) is 0 Å². The fraction of sp³-hybridized carbons (Fsp3) is 0.458. The molecule has 2 aromatic rings. The van der Waals surface area contributed by atoms with Crippen LogP contribution in [0, 0.1) is 5.92 Å². The van der Waals surface area contributed by atoms with Crippen LogP contribution in [-0.4, -0.2) is 50.6 Å². The summed E-state index contributed by atoms with van der Waals surface area (Å²) in [6, 6.07) is 18.5. The average Bonchev–Trinajstić information content (AvgIpc) is 2.74. The third-order valence-corrected chi connectivity index (χ3v) is 5.40. The first-order valence-electron chi connectivity index (χ1n) is 10.5. The van der Waals surface area contributed by atoms with E-state index in [0.29, 0.717) is 12.5 Å². The summed E-state index contributed by atoms with van der Waals surface area (Å²) in [5.41, 5.74) is 2.35. The molecule has 1 fully saturated rings. The van der Waals surface area contributed by atoms with E-state index in [1.807, 2.05) is 30.3 Å². The first-order valence-corrected chi connectivity index (χ1v) is 10.5. The number of ether oxygens (including phenoxy) is 1. The number of carbonyl (C=O) groups excluding carboxylic acids is 1. The summed E-state index contributed by atoms with van der Waals surface area (Å²) in [6.07, 6.45) is 0.944. The number of amides is 1. The van der Waals surface area contributed by atoms with Gasteiger partial charge in [0.15, 0.2) is 0 Å². The van der Waals surface area contributed by atoms with Crippen molar-refractivity contribution < 1.29 is 9.53 Å². The maximum atomic E-state index is 12.7. The van der Waals surface area contributed by atoms with E-state index in [1.165, 1.54) is 11.3 Å². The predicted molar refractivity (Wildman–Crippen MR) is 118 cm³/mol. The van der Waals surface area contributed by atoms with Gasteiger partial charge in [-0.05, 0) is 30.0 Å². The van der Waals surface area contributed by atoms with Crippen molar-refractivity contribution in [3.8, 4) is 5.75 Å². The molecule has 1 heterocycles. The Morgan fingerprint density at radius 3 is 2.41 bits per heavy atom. The van der Waals surface area contributed by atoms with Gasteiger partial charge in [-0.15, -0.1) is 0 Å². The zero-order valence-corrected chi connectivity index (χ0v) is 17.8. The molecule has 0 unspecified atom stereocenters. The van der Waals surface area contributed by atoms with Gasteiger partial charge in [0.1, 0.15) is 5.75 Å². The standard InChI is InChI=1S/C24H33N3O2/c1-19(2)16-23(20-8-5-4-6-9-20)25-24(28)18-26-12-14-27(15-13-26)21-10-7-11-22(17-21)29-3/h4-11,17,19,23H,12-16,18H2,1-3H3,(H,25,28)/t23-/m0/s1. The number of hydrogen-bond acceptors (Lipinski definition) is 4. The lowest BCUT2D eigenvalue weighted by molar-refractivity contribution is -0.123. The van der Waals surface area contributed by atoms with E-state index in [4.69, 9.17) is 4.74 Å². The summed E-state index contributed by atoms with van der Waals surface area (Å²) in [5, 5.41) is 3.26. The molecule has 5 nitrogen and oxygen atoms in total. The lowest BCUT2D eigenvalue weighted by atomic mass is 9.97. The van der Waals surface area contributed by atoms with Crippen molar-refractivity contribution in [3.63, 3.8) is 0 Å². The Bertz CT molecular complexity index is 771. The number of carbonyl (C=O) groups is 1. The van der Waals surface area contributed by atoms with Gasteiger partial charge in [-0.2, -0.15) is 0 Å². The van der Waals surface area contributed by atoms with Gasteiger partial charge < -0.3 is 15.0 Å². The van der Waals surface area contributed by atoms with Gasteiger partial charge in [0.25, 0.3) is 0 Å². The van der Waals surface area contributed by atoms with Crippen LogP contribution in [0.4, 0.5) is 5.69 Å². The third-order valence-electron chi connectivity index (χ3n) is 5.40. The quantitative estimate of drug-likeness (QED) is 0.740. The van der Waals surface area contributed by atoms with Crippen molar-refractivity contribution in [1.82, 2.24) is 10.2 Å². The molecule has 0 bridgehead atoms. The van der Waals surface area contributed by atoms with Crippen LogP contribution in [0.3, 0.4) is 0 Å². The molecule has 1 aliphatic heterocycles. The summed E-state index contributed by atoms with van der Waals surface area (Å²) in [5.74, 6) is 1.50. The maximum absolute atomic E-state index is 12.7. The highest BCUT2D eigenvalue weighted by Crippen LogP contribution is 2.23. The molecular formula is C24H33N3O2. The minimum absolute atomic E-state index is 0.0711. The summed E-state index contributed by atoms with van der Waals surface area (Å²) in [7, 11) is 1.69. The van der Waals surface area contributed by atoms with Crippen LogP contribution in [-0.2, 0) is 4.79 Å². The highest BCUT2D eigenvalue weighted by atomic mass is 16.5. The molecule has 2 aromatic carbocycles. The number of nitrogens with one attached hydrogen (secondary N) is 1. The largest absolute Gasteiger partial charge is 0.497 e. The Labute approximate surface area is 174 Å². The van der Waals surface area contributed by atoms with Crippen molar-refractivity contribution in [2.45, 2.75) is 26.3 Å². The lowest BCUT2D eigenvalue weighted by Gasteiger charge is -2.36. The Hall–Kier alpha value is -2.53. The second kappa shape index (κ2) is 10.3. The van der Waals surface area contributed by atoms with Crippen molar-refractivity contribution in [1.29, 1.82) is 0 Å². The Morgan fingerprint density at radius 1 is 1.03 bits per heavy atom. The van der Waals surface area contributed by atoms with Crippen molar-refractivity contribution >= 4 is 11.6 Å². The van der Waals surface area contributed by atoms with E-state index in [0.717, 1.165) is 38.3 Å². The maximum Gasteiger partial charge on any atom is 0.234 e. The van der Waals surface area contributed by atoms with Crippen molar-refractivity contribution in [2.75, 3.05) is 44.7 Å². The number of benzene rings is 2. The van der Waals surface area contributed by atoms with Gasteiger partial charge in [-0.1, -0.05) is 50.2 Å². The molecule has 3 rings (SSSR count). The van der Waals surface area contributed by atoms with Crippen LogP contribution < -0.4 is 15.0 Å². The second-order valence-corrected chi connectivity index (χ2v) is 8.13. The Kier molecular flexibility index (Phi) is 7.53. The first-order chi connectivity index (χ1) is 14.0. The van der Waals surface area contributed by atoms with Crippen LogP contribution in [0.15, 0.2) is 54.6 Å².